The first kappa shape index (κ1) is 23.5. The molecule has 0 N–H and O–H groups in total. The standard InChI is InChI=1S/C16H22F9NO2/c1-27-10-12(4-5-12)9-26-6-2-11(3-7-26)8-28-13(14(17,18)19,15(20,21)22)16(23,24)25/h11H,2-10H2,1H3. The van der Waals surface area contributed by atoms with E-state index in [0.29, 0.717) is 26.2 Å². The lowest BCUT2D eigenvalue weighted by molar-refractivity contribution is -0.458. The number of rotatable bonds is 7. The first-order chi connectivity index (χ1) is 12.7. The molecule has 1 saturated carbocycles. The summed E-state index contributed by atoms with van der Waals surface area (Å²) < 4.78 is 125. The van der Waals surface area contributed by atoms with Crippen molar-refractivity contribution >= 4 is 0 Å². The highest BCUT2D eigenvalue weighted by Gasteiger charge is 2.85. The number of halogens is 9. The first-order valence-electron chi connectivity index (χ1n) is 8.73. The maximum Gasteiger partial charge on any atom is 0.435 e. The Morgan fingerprint density at radius 2 is 1.32 bits per heavy atom. The molecule has 1 saturated heterocycles. The fourth-order valence-corrected chi connectivity index (χ4v) is 3.59. The van der Waals surface area contributed by atoms with Crippen molar-refractivity contribution in [1.82, 2.24) is 4.90 Å². The SMILES string of the molecule is COCC1(CN2CCC(COC(C(F)(F)F)(C(F)(F)F)C(F)(F)F)CC2)CC1. The zero-order chi connectivity index (χ0) is 21.4. The minimum absolute atomic E-state index is 0.0239. The van der Waals surface area contributed by atoms with Gasteiger partial charge in [-0.05, 0) is 44.7 Å². The van der Waals surface area contributed by atoms with Crippen LogP contribution in [-0.2, 0) is 9.47 Å². The second-order valence-corrected chi connectivity index (χ2v) is 7.64. The summed E-state index contributed by atoms with van der Waals surface area (Å²) in [5.41, 5.74) is -6.16. The Morgan fingerprint density at radius 3 is 1.68 bits per heavy atom. The van der Waals surface area contributed by atoms with Crippen molar-refractivity contribution in [3.8, 4) is 0 Å². The Morgan fingerprint density at radius 1 is 0.857 bits per heavy atom. The molecule has 0 radical (unpaired) electrons. The number of likely N-dealkylation sites (tertiary alicyclic amines) is 1. The Labute approximate surface area is 156 Å². The van der Waals surface area contributed by atoms with Crippen molar-refractivity contribution < 1.29 is 49.0 Å². The highest BCUT2D eigenvalue weighted by atomic mass is 19.4. The van der Waals surface area contributed by atoms with Gasteiger partial charge in [-0.1, -0.05) is 0 Å². The van der Waals surface area contributed by atoms with Gasteiger partial charge in [-0.15, -0.1) is 0 Å². The Kier molecular flexibility index (Phi) is 6.57. The van der Waals surface area contributed by atoms with E-state index < -0.39 is 36.7 Å². The number of hydrogen-bond donors (Lipinski definition) is 0. The molecular weight excluding hydrogens is 409 g/mol. The molecule has 0 bridgehead atoms. The summed E-state index contributed by atoms with van der Waals surface area (Å²) in [4.78, 5) is 2.01. The predicted octanol–water partition coefficient (Wildman–Crippen LogP) is 4.57. The lowest BCUT2D eigenvalue weighted by Crippen LogP contribution is -2.68. The smallest absolute Gasteiger partial charge is 0.384 e. The molecular formula is C16H22F9NO2. The highest BCUT2D eigenvalue weighted by Crippen LogP contribution is 2.55. The minimum atomic E-state index is -6.68. The van der Waals surface area contributed by atoms with E-state index in [-0.39, 0.29) is 18.3 Å². The predicted molar refractivity (Wildman–Crippen MR) is 79.6 cm³/mol. The van der Waals surface area contributed by atoms with Gasteiger partial charge in [0.25, 0.3) is 0 Å². The summed E-state index contributed by atoms with van der Waals surface area (Å²) in [6.45, 7) is 0.718. The second kappa shape index (κ2) is 7.82. The third kappa shape index (κ3) is 4.69. The molecule has 0 unspecified atom stereocenters. The molecule has 0 amide bonds. The maximum absolute atomic E-state index is 12.9. The summed E-state index contributed by atoms with van der Waals surface area (Å²) in [5, 5.41) is 0. The van der Waals surface area contributed by atoms with E-state index in [0.717, 1.165) is 12.8 Å². The van der Waals surface area contributed by atoms with Crippen LogP contribution >= 0.6 is 0 Å². The molecule has 3 nitrogen and oxygen atoms in total. The van der Waals surface area contributed by atoms with E-state index in [1.807, 2.05) is 4.90 Å². The van der Waals surface area contributed by atoms with Crippen LogP contribution in [0.5, 0.6) is 0 Å². The van der Waals surface area contributed by atoms with Crippen LogP contribution in [0.1, 0.15) is 25.7 Å². The van der Waals surface area contributed by atoms with E-state index in [9.17, 15) is 39.5 Å². The second-order valence-electron chi connectivity index (χ2n) is 7.64. The zero-order valence-corrected chi connectivity index (χ0v) is 15.1. The minimum Gasteiger partial charge on any atom is -0.384 e. The number of hydrogen-bond acceptors (Lipinski definition) is 3. The number of ether oxygens (including phenoxy) is 2. The molecule has 0 aromatic heterocycles. The van der Waals surface area contributed by atoms with Crippen LogP contribution in [0.3, 0.4) is 0 Å². The molecule has 0 aromatic rings. The first-order valence-corrected chi connectivity index (χ1v) is 8.73. The summed E-state index contributed by atoms with van der Waals surface area (Å²) in [6.07, 6.45) is -17.8. The van der Waals surface area contributed by atoms with Crippen molar-refractivity contribution in [2.24, 2.45) is 11.3 Å². The third-order valence-corrected chi connectivity index (χ3v) is 5.41. The van der Waals surface area contributed by atoms with Crippen molar-refractivity contribution in [3.63, 3.8) is 0 Å². The molecule has 2 aliphatic rings. The van der Waals surface area contributed by atoms with Crippen LogP contribution in [0.4, 0.5) is 39.5 Å². The lowest BCUT2D eigenvalue weighted by atomic mass is 9.95. The van der Waals surface area contributed by atoms with Crippen LogP contribution < -0.4 is 0 Å². The van der Waals surface area contributed by atoms with Crippen LogP contribution in [0.2, 0.25) is 0 Å². The molecule has 12 heteroatoms. The van der Waals surface area contributed by atoms with E-state index >= 15 is 0 Å². The van der Waals surface area contributed by atoms with Crippen LogP contribution in [0.25, 0.3) is 0 Å². The summed E-state index contributed by atoms with van der Waals surface area (Å²) >= 11 is 0. The molecule has 0 atom stereocenters. The summed E-state index contributed by atoms with van der Waals surface area (Å²) in [6, 6.07) is 0. The molecule has 2 rings (SSSR count). The Bertz CT molecular complexity index is 482. The highest BCUT2D eigenvalue weighted by molar-refractivity contribution is 5.02. The van der Waals surface area contributed by atoms with E-state index in [2.05, 4.69) is 4.74 Å². The van der Waals surface area contributed by atoms with Crippen molar-refractivity contribution in [2.45, 2.75) is 49.8 Å². The van der Waals surface area contributed by atoms with Crippen molar-refractivity contribution in [2.75, 3.05) is 40.0 Å². The molecule has 0 spiro atoms. The molecule has 1 heterocycles. The van der Waals surface area contributed by atoms with E-state index in [1.165, 1.54) is 0 Å². The molecule has 166 valence electrons. The molecule has 0 aromatic carbocycles. The van der Waals surface area contributed by atoms with Gasteiger partial charge in [0.2, 0.25) is 0 Å². The van der Waals surface area contributed by atoms with Gasteiger partial charge in [0, 0.05) is 19.1 Å². The fourth-order valence-electron chi connectivity index (χ4n) is 3.59. The van der Waals surface area contributed by atoms with Gasteiger partial charge in [-0.3, -0.25) is 0 Å². The van der Waals surface area contributed by atoms with Gasteiger partial charge in [-0.25, -0.2) is 0 Å². The maximum atomic E-state index is 12.9. The van der Waals surface area contributed by atoms with Gasteiger partial charge in [-0.2, -0.15) is 39.5 Å². The average molecular weight is 431 g/mol. The largest absolute Gasteiger partial charge is 0.435 e. The Hall–Kier alpha value is -0.750. The summed E-state index contributed by atoms with van der Waals surface area (Å²) in [7, 11) is 1.57. The average Bonchev–Trinajstić information content (AvgIpc) is 3.25. The molecule has 2 fully saturated rings. The van der Waals surface area contributed by atoms with E-state index in [1.54, 1.807) is 7.11 Å². The number of alkyl halides is 9. The van der Waals surface area contributed by atoms with Crippen molar-refractivity contribution in [1.29, 1.82) is 0 Å². The van der Waals surface area contributed by atoms with Crippen LogP contribution in [-0.4, -0.2) is 69.0 Å². The normalized spacial score (nSPS) is 22.5. The van der Waals surface area contributed by atoms with Crippen molar-refractivity contribution in [3.05, 3.63) is 0 Å². The van der Waals surface area contributed by atoms with Gasteiger partial charge >= 0.3 is 24.1 Å². The fraction of sp³-hybridized carbons (Fsp3) is 1.00. The van der Waals surface area contributed by atoms with Gasteiger partial charge in [0.1, 0.15) is 0 Å². The summed E-state index contributed by atoms with van der Waals surface area (Å²) in [5.74, 6) is -0.819. The number of methoxy groups -OCH3 is 1. The number of nitrogens with zero attached hydrogens (tertiary/aromatic N) is 1. The lowest BCUT2D eigenvalue weighted by Gasteiger charge is -2.40. The van der Waals surface area contributed by atoms with E-state index in [4.69, 9.17) is 4.74 Å². The van der Waals surface area contributed by atoms with Crippen LogP contribution in [0.15, 0.2) is 0 Å². The van der Waals surface area contributed by atoms with Gasteiger partial charge < -0.3 is 14.4 Å². The Balaban J connectivity index is 1.98. The zero-order valence-electron chi connectivity index (χ0n) is 15.1. The van der Waals surface area contributed by atoms with Crippen LogP contribution in [0, 0.1) is 11.3 Å². The topological polar surface area (TPSA) is 21.7 Å². The number of piperidine rings is 1. The quantitative estimate of drug-likeness (QED) is 0.552. The molecule has 28 heavy (non-hydrogen) atoms. The third-order valence-electron chi connectivity index (χ3n) is 5.41. The monoisotopic (exact) mass is 431 g/mol. The van der Waals surface area contributed by atoms with Gasteiger partial charge in [0.15, 0.2) is 0 Å². The van der Waals surface area contributed by atoms with Gasteiger partial charge in [0.05, 0.1) is 13.2 Å². The molecule has 1 aliphatic carbocycles. The molecule has 1 aliphatic heterocycles.